The van der Waals surface area contributed by atoms with E-state index >= 15 is 0 Å². The first kappa shape index (κ1) is 17.2. The van der Waals surface area contributed by atoms with Crippen LogP contribution in [0.5, 0.6) is 0 Å². The minimum absolute atomic E-state index is 0.0611. The number of fused-ring (bicyclic) bond motifs is 1. The van der Waals surface area contributed by atoms with Crippen LogP contribution in [0.2, 0.25) is 0 Å². The summed E-state index contributed by atoms with van der Waals surface area (Å²) in [4.78, 5) is 10.5. The molecule has 1 N–H and O–H groups in total. The van der Waals surface area contributed by atoms with Crippen molar-refractivity contribution in [2.75, 3.05) is 4.43 Å². The molecule has 0 spiro atoms. The number of aliphatic hydroxyl groups excluding tert-OH is 1. The maximum Gasteiger partial charge on any atom is 0.120 e. The van der Waals surface area contributed by atoms with Crippen LogP contribution in [0, 0.1) is 5.92 Å². The fourth-order valence-electron chi connectivity index (χ4n) is 3.40. The van der Waals surface area contributed by atoms with E-state index in [4.69, 9.17) is 9.47 Å². The van der Waals surface area contributed by atoms with Gasteiger partial charge in [0.25, 0.3) is 0 Å². The van der Waals surface area contributed by atoms with Gasteiger partial charge >= 0.3 is 0 Å². The van der Waals surface area contributed by atoms with E-state index in [1.54, 1.807) is 0 Å². The maximum atomic E-state index is 10.5. The van der Waals surface area contributed by atoms with Gasteiger partial charge < -0.3 is 19.4 Å². The lowest BCUT2D eigenvalue weighted by Gasteiger charge is -2.41. The van der Waals surface area contributed by atoms with Crippen LogP contribution in [0.25, 0.3) is 0 Å². The molecule has 4 nitrogen and oxygen atoms in total. The van der Waals surface area contributed by atoms with Gasteiger partial charge in [0.2, 0.25) is 0 Å². The predicted molar refractivity (Wildman–Crippen MR) is 89.9 cm³/mol. The number of hydrogen-bond acceptors (Lipinski definition) is 4. The fraction of sp³-hybridized carbons (Fsp3) is 0.812. The molecule has 2 fully saturated rings. The Morgan fingerprint density at radius 3 is 2.90 bits per heavy atom. The zero-order valence-corrected chi connectivity index (χ0v) is 14.8. The average molecular weight is 408 g/mol. The van der Waals surface area contributed by atoms with Crippen molar-refractivity contribution in [3.8, 4) is 0 Å². The third-order valence-corrected chi connectivity index (χ3v) is 5.98. The molecule has 1 unspecified atom stereocenters. The number of hydrogen-bond donors (Lipinski definition) is 1. The molecule has 2 aliphatic heterocycles. The number of rotatable bonds is 7. The summed E-state index contributed by atoms with van der Waals surface area (Å²) in [6.45, 7) is 5.59. The number of ether oxygens (including phenoxy) is 2. The second-order valence-corrected chi connectivity index (χ2v) is 7.10. The smallest absolute Gasteiger partial charge is 0.120 e. The molecule has 0 aromatic rings. The normalized spacial score (nSPS) is 37.0. The van der Waals surface area contributed by atoms with E-state index in [2.05, 4.69) is 29.2 Å². The lowest BCUT2D eigenvalue weighted by molar-refractivity contribution is -0.156. The van der Waals surface area contributed by atoms with Crippen molar-refractivity contribution in [1.29, 1.82) is 0 Å². The number of carbonyl (C=O) groups excluding carboxylic acids is 1. The summed E-state index contributed by atoms with van der Waals surface area (Å²) in [6.07, 6.45) is 6.38. The van der Waals surface area contributed by atoms with Crippen molar-refractivity contribution in [3.05, 3.63) is 12.3 Å². The molecular weight excluding hydrogens is 383 g/mol. The maximum absolute atomic E-state index is 10.5. The third-order valence-electron chi connectivity index (χ3n) is 4.69. The van der Waals surface area contributed by atoms with Gasteiger partial charge in [-0.3, -0.25) is 0 Å². The van der Waals surface area contributed by atoms with Crippen LogP contribution in [-0.4, -0.2) is 39.7 Å². The number of carbonyl (C=O) groups is 1. The summed E-state index contributed by atoms with van der Waals surface area (Å²) in [5.74, 6) is 0.293. The highest BCUT2D eigenvalue weighted by atomic mass is 127. The molecule has 0 aromatic carbocycles. The van der Waals surface area contributed by atoms with Gasteiger partial charge in [-0.1, -0.05) is 36.1 Å². The molecule has 5 atom stereocenters. The minimum atomic E-state index is -0.215. The quantitative estimate of drug-likeness (QED) is 0.303. The van der Waals surface area contributed by atoms with Gasteiger partial charge in [0.05, 0.1) is 24.1 Å². The highest BCUT2D eigenvalue weighted by Gasteiger charge is 2.52. The van der Waals surface area contributed by atoms with E-state index in [-0.39, 0.29) is 35.6 Å². The highest BCUT2D eigenvalue weighted by molar-refractivity contribution is 14.1. The average Bonchev–Trinajstić information content (AvgIpc) is 2.83. The first-order valence-electron chi connectivity index (χ1n) is 7.71. The summed E-state index contributed by atoms with van der Waals surface area (Å²) >= 11 is 2.38. The number of halogens is 1. The van der Waals surface area contributed by atoms with Gasteiger partial charge in [-0.15, -0.1) is 0 Å². The summed E-state index contributed by atoms with van der Waals surface area (Å²) < 4.78 is 13.4. The Hall–Kier alpha value is -0.140. The number of alkyl halides is 1. The van der Waals surface area contributed by atoms with Crippen LogP contribution in [0.4, 0.5) is 0 Å². The predicted octanol–water partition coefficient (Wildman–Crippen LogP) is 3.57. The van der Waals surface area contributed by atoms with Crippen molar-refractivity contribution in [2.45, 2.75) is 69.4 Å². The second kappa shape index (κ2) is 7.42. The van der Waals surface area contributed by atoms with Gasteiger partial charge in [-0.05, 0) is 25.7 Å². The van der Waals surface area contributed by atoms with Crippen LogP contribution in [0.3, 0.4) is 0 Å². The van der Waals surface area contributed by atoms with E-state index in [1.807, 2.05) is 6.92 Å². The Labute approximate surface area is 140 Å². The van der Waals surface area contributed by atoms with Gasteiger partial charge in [0.1, 0.15) is 11.9 Å². The molecule has 2 rings (SSSR count). The zero-order valence-electron chi connectivity index (χ0n) is 12.6. The van der Waals surface area contributed by atoms with Gasteiger partial charge in [-0.2, -0.15) is 0 Å². The van der Waals surface area contributed by atoms with Crippen LogP contribution >= 0.6 is 22.6 Å². The van der Waals surface area contributed by atoms with Gasteiger partial charge in [0, 0.05) is 23.2 Å². The van der Waals surface area contributed by atoms with Crippen LogP contribution in [0.1, 0.15) is 45.4 Å². The SMILES string of the molecule is C=C(O)[C@H](C)CC1CC[C@@H]2O[C@@H](CCC=O)C[C@]2(CI)O1. The Bertz CT molecular complexity index is 386. The van der Waals surface area contributed by atoms with Crippen LogP contribution in [0.15, 0.2) is 12.3 Å². The molecule has 0 radical (unpaired) electrons. The fourth-order valence-corrected chi connectivity index (χ4v) is 4.38. The minimum Gasteiger partial charge on any atom is -0.513 e. The van der Waals surface area contributed by atoms with Crippen LogP contribution in [-0.2, 0) is 14.3 Å². The molecule has 0 aromatic heterocycles. The lowest BCUT2D eigenvalue weighted by Crippen LogP contribution is -2.50. The number of aldehydes is 1. The highest BCUT2D eigenvalue weighted by Crippen LogP contribution is 2.44. The molecule has 0 aliphatic carbocycles. The molecule has 0 saturated carbocycles. The largest absolute Gasteiger partial charge is 0.513 e. The summed E-state index contributed by atoms with van der Waals surface area (Å²) in [6, 6.07) is 0. The molecule has 2 aliphatic rings. The van der Waals surface area contributed by atoms with E-state index in [9.17, 15) is 9.90 Å². The molecule has 2 saturated heterocycles. The van der Waals surface area contributed by atoms with Crippen LogP contribution < -0.4 is 0 Å². The Balaban J connectivity index is 1.97. The van der Waals surface area contributed by atoms with Crippen molar-refractivity contribution >= 4 is 28.9 Å². The first-order chi connectivity index (χ1) is 10.0. The van der Waals surface area contributed by atoms with Gasteiger partial charge in [-0.25, -0.2) is 0 Å². The number of aliphatic hydroxyl groups is 1. The Morgan fingerprint density at radius 1 is 1.52 bits per heavy atom. The molecule has 120 valence electrons. The third kappa shape index (κ3) is 3.99. The second-order valence-electron chi connectivity index (χ2n) is 6.34. The molecule has 0 amide bonds. The van der Waals surface area contributed by atoms with Gasteiger partial charge in [0.15, 0.2) is 0 Å². The summed E-state index contributed by atoms with van der Waals surface area (Å²) in [5.41, 5.74) is -0.215. The topological polar surface area (TPSA) is 55.8 Å². The molecule has 0 bridgehead atoms. The van der Waals surface area contributed by atoms with E-state index in [0.717, 1.165) is 42.8 Å². The zero-order chi connectivity index (χ0) is 15.5. The number of allylic oxidation sites excluding steroid dienone is 1. The standard InChI is InChI=1S/C16H25IO4/c1-11(12(2)19)8-13-5-6-15-16(10-17,21-13)9-14(20-15)4-3-7-18/h7,11,13-15,19H,2-6,8-10H2,1H3/t11-,13?,14+,15+,16-/m1/s1. The molecule has 2 heterocycles. The molecular formula is C16H25IO4. The monoisotopic (exact) mass is 408 g/mol. The summed E-state index contributed by atoms with van der Waals surface area (Å²) in [7, 11) is 0. The molecule has 21 heavy (non-hydrogen) atoms. The first-order valence-corrected chi connectivity index (χ1v) is 9.24. The lowest BCUT2D eigenvalue weighted by atomic mass is 9.86. The van der Waals surface area contributed by atoms with E-state index < -0.39 is 0 Å². The Morgan fingerprint density at radius 2 is 2.29 bits per heavy atom. The van der Waals surface area contributed by atoms with Crippen molar-refractivity contribution in [1.82, 2.24) is 0 Å². The van der Waals surface area contributed by atoms with E-state index in [1.165, 1.54) is 0 Å². The van der Waals surface area contributed by atoms with Crippen molar-refractivity contribution in [3.63, 3.8) is 0 Å². The van der Waals surface area contributed by atoms with Crippen molar-refractivity contribution in [2.24, 2.45) is 5.92 Å². The molecule has 5 heteroatoms. The van der Waals surface area contributed by atoms with Crippen molar-refractivity contribution < 1.29 is 19.4 Å². The summed E-state index contributed by atoms with van der Waals surface area (Å²) in [5, 5.41) is 9.49. The van der Waals surface area contributed by atoms with E-state index in [0.29, 0.717) is 6.42 Å². The Kier molecular flexibility index (Phi) is 6.08.